The topological polar surface area (TPSA) is 69.7 Å². The average Bonchev–Trinajstić information content (AvgIpc) is 2.69. The van der Waals surface area contributed by atoms with Crippen LogP contribution in [0.5, 0.6) is 0 Å². The number of nitrogens with one attached hydrogen (secondary N) is 1. The molecule has 0 spiro atoms. The monoisotopic (exact) mass is 401 g/mol. The summed E-state index contributed by atoms with van der Waals surface area (Å²) >= 11 is 0. The van der Waals surface area contributed by atoms with Crippen LogP contribution in [-0.2, 0) is 20.9 Å². The summed E-state index contributed by atoms with van der Waals surface area (Å²) in [6.07, 6.45) is 0. The number of benzene rings is 2. The first-order chi connectivity index (χ1) is 13.8. The van der Waals surface area contributed by atoms with Crippen LogP contribution >= 0.6 is 0 Å². The minimum atomic E-state index is -0.720. The molecule has 152 valence electrons. The third kappa shape index (κ3) is 4.96. The molecule has 0 bridgehead atoms. The normalized spacial score (nSPS) is 15.4. The van der Waals surface area contributed by atoms with E-state index in [1.807, 2.05) is 6.07 Å². The lowest BCUT2D eigenvalue weighted by molar-refractivity contribution is -0.147. The Kier molecular flexibility index (Phi) is 6.21. The van der Waals surface area contributed by atoms with Crippen LogP contribution in [-0.4, -0.2) is 42.3 Å². The molecule has 1 aliphatic heterocycles. The lowest BCUT2D eigenvalue weighted by atomic mass is 10.1. The summed E-state index contributed by atoms with van der Waals surface area (Å²) in [5.41, 5.74) is 0.949. The lowest BCUT2D eigenvalue weighted by Crippen LogP contribution is -2.56. The van der Waals surface area contributed by atoms with E-state index in [2.05, 4.69) is 5.32 Å². The van der Waals surface area contributed by atoms with Crippen molar-refractivity contribution in [3.05, 3.63) is 65.7 Å². The van der Waals surface area contributed by atoms with Gasteiger partial charge in [-0.3, -0.25) is 14.4 Å². The second kappa shape index (κ2) is 8.81. The molecule has 29 heavy (non-hydrogen) atoms. The molecule has 1 fully saturated rings. The van der Waals surface area contributed by atoms with Crippen LogP contribution in [0.3, 0.4) is 0 Å². The van der Waals surface area contributed by atoms with E-state index in [9.17, 15) is 23.2 Å². The highest BCUT2D eigenvalue weighted by Gasteiger charge is 2.34. The van der Waals surface area contributed by atoms with Crippen LogP contribution in [0, 0.1) is 17.6 Å². The molecule has 0 radical (unpaired) electrons. The standard InChI is InChI=1S/C21H21F2N3O3/c1-14(19(27)24-12-15-9-16(22)11-17(23)10-15)13-25-7-8-26(21(29)20(25)28)18-5-3-2-4-6-18/h2-6,9-11,14H,7-8,12-13H2,1H3,(H,24,27)/t14-/m1/s1. The number of para-hydroxylation sites is 1. The highest BCUT2D eigenvalue weighted by molar-refractivity contribution is 6.41. The van der Waals surface area contributed by atoms with E-state index in [0.717, 1.165) is 18.2 Å². The number of carbonyl (C=O) groups excluding carboxylic acids is 3. The van der Waals surface area contributed by atoms with E-state index in [4.69, 9.17) is 0 Å². The Hall–Kier alpha value is -3.29. The molecule has 8 heteroatoms. The van der Waals surface area contributed by atoms with Crippen LogP contribution in [0.1, 0.15) is 12.5 Å². The fourth-order valence-electron chi connectivity index (χ4n) is 3.19. The quantitative estimate of drug-likeness (QED) is 0.754. The Labute approximate surface area is 167 Å². The number of hydrogen-bond acceptors (Lipinski definition) is 3. The second-order valence-electron chi connectivity index (χ2n) is 6.94. The predicted molar refractivity (Wildman–Crippen MR) is 103 cm³/mol. The van der Waals surface area contributed by atoms with Gasteiger partial charge in [0.25, 0.3) is 0 Å². The maximum Gasteiger partial charge on any atom is 0.316 e. The molecule has 1 N–H and O–H groups in total. The summed E-state index contributed by atoms with van der Waals surface area (Å²) in [6, 6.07) is 11.9. The smallest absolute Gasteiger partial charge is 0.316 e. The molecule has 3 amide bonds. The molecule has 2 aromatic rings. The zero-order chi connectivity index (χ0) is 21.0. The van der Waals surface area contributed by atoms with Crippen molar-refractivity contribution < 1.29 is 23.2 Å². The minimum absolute atomic E-state index is 0.0352. The number of anilines is 1. The summed E-state index contributed by atoms with van der Waals surface area (Å²) in [7, 11) is 0. The molecule has 0 saturated carbocycles. The Morgan fingerprint density at radius 1 is 1.03 bits per heavy atom. The van der Waals surface area contributed by atoms with Gasteiger partial charge < -0.3 is 15.1 Å². The molecule has 1 atom stereocenters. The van der Waals surface area contributed by atoms with Gasteiger partial charge in [-0.2, -0.15) is 0 Å². The third-order valence-electron chi connectivity index (χ3n) is 4.71. The number of halogens is 2. The van der Waals surface area contributed by atoms with Gasteiger partial charge >= 0.3 is 11.8 Å². The molecule has 1 aliphatic rings. The van der Waals surface area contributed by atoms with Crippen LogP contribution in [0.15, 0.2) is 48.5 Å². The van der Waals surface area contributed by atoms with Gasteiger partial charge in [0.1, 0.15) is 11.6 Å². The summed E-state index contributed by atoms with van der Waals surface area (Å²) in [5.74, 6) is -3.70. The molecule has 3 rings (SSSR count). The molecule has 1 saturated heterocycles. The Bertz CT molecular complexity index is 900. The van der Waals surface area contributed by atoms with Crippen molar-refractivity contribution in [3.63, 3.8) is 0 Å². The largest absolute Gasteiger partial charge is 0.352 e. The molecule has 6 nitrogen and oxygen atoms in total. The fraction of sp³-hybridized carbons (Fsp3) is 0.286. The molecule has 0 aromatic heterocycles. The van der Waals surface area contributed by atoms with Crippen molar-refractivity contribution in [2.75, 3.05) is 24.5 Å². The van der Waals surface area contributed by atoms with E-state index in [-0.39, 0.29) is 19.0 Å². The summed E-state index contributed by atoms with van der Waals surface area (Å²) in [6.45, 7) is 2.32. The molecule has 1 heterocycles. The molecular formula is C21H21F2N3O3. The summed E-state index contributed by atoms with van der Waals surface area (Å²) in [5, 5.41) is 2.60. The van der Waals surface area contributed by atoms with Gasteiger partial charge in [0.2, 0.25) is 5.91 Å². The van der Waals surface area contributed by atoms with Crippen molar-refractivity contribution in [2.24, 2.45) is 5.92 Å². The average molecular weight is 401 g/mol. The second-order valence-corrected chi connectivity index (χ2v) is 6.94. The van der Waals surface area contributed by atoms with E-state index in [0.29, 0.717) is 24.3 Å². The van der Waals surface area contributed by atoms with Crippen molar-refractivity contribution >= 4 is 23.4 Å². The maximum atomic E-state index is 13.2. The van der Waals surface area contributed by atoms with Crippen LogP contribution in [0.25, 0.3) is 0 Å². The van der Waals surface area contributed by atoms with Crippen molar-refractivity contribution in [3.8, 4) is 0 Å². The molecular weight excluding hydrogens is 380 g/mol. The van der Waals surface area contributed by atoms with Crippen molar-refractivity contribution in [1.82, 2.24) is 10.2 Å². The van der Waals surface area contributed by atoms with Crippen LogP contribution in [0.2, 0.25) is 0 Å². The van der Waals surface area contributed by atoms with Crippen LogP contribution < -0.4 is 10.2 Å². The van der Waals surface area contributed by atoms with Gasteiger partial charge in [0.15, 0.2) is 0 Å². The van der Waals surface area contributed by atoms with E-state index in [1.165, 1.54) is 9.80 Å². The highest BCUT2D eigenvalue weighted by atomic mass is 19.1. The van der Waals surface area contributed by atoms with Crippen LogP contribution in [0.4, 0.5) is 14.5 Å². The van der Waals surface area contributed by atoms with E-state index >= 15 is 0 Å². The Morgan fingerprint density at radius 3 is 2.34 bits per heavy atom. The maximum absolute atomic E-state index is 13.2. The number of rotatable bonds is 6. The number of carbonyl (C=O) groups is 3. The molecule has 0 aliphatic carbocycles. The number of nitrogens with zero attached hydrogens (tertiary/aromatic N) is 2. The number of amides is 3. The molecule has 2 aromatic carbocycles. The zero-order valence-electron chi connectivity index (χ0n) is 15.9. The van der Waals surface area contributed by atoms with Crippen molar-refractivity contribution in [1.29, 1.82) is 0 Å². The van der Waals surface area contributed by atoms with E-state index < -0.39 is 29.4 Å². The summed E-state index contributed by atoms with van der Waals surface area (Å²) < 4.78 is 26.4. The fourth-order valence-corrected chi connectivity index (χ4v) is 3.19. The van der Waals surface area contributed by atoms with Gasteiger partial charge in [0.05, 0.1) is 5.92 Å². The number of hydrogen-bond donors (Lipinski definition) is 1. The van der Waals surface area contributed by atoms with Gasteiger partial charge in [-0.1, -0.05) is 25.1 Å². The SMILES string of the molecule is C[C@H](CN1CCN(c2ccccc2)C(=O)C1=O)C(=O)NCc1cc(F)cc(F)c1. The lowest BCUT2D eigenvalue weighted by Gasteiger charge is -2.34. The minimum Gasteiger partial charge on any atom is -0.352 e. The van der Waals surface area contributed by atoms with Gasteiger partial charge in [-0.05, 0) is 29.8 Å². The highest BCUT2D eigenvalue weighted by Crippen LogP contribution is 2.18. The Balaban J connectivity index is 1.55. The predicted octanol–water partition coefficient (Wildman–Crippen LogP) is 2.09. The molecule has 0 unspecified atom stereocenters. The zero-order valence-corrected chi connectivity index (χ0v) is 15.9. The first-order valence-corrected chi connectivity index (χ1v) is 9.23. The first kappa shape index (κ1) is 20.4. The van der Waals surface area contributed by atoms with Gasteiger partial charge in [-0.25, -0.2) is 8.78 Å². The number of piperazine rings is 1. The first-order valence-electron chi connectivity index (χ1n) is 9.23. The van der Waals surface area contributed by atoms with Crippen molar-refractivity contribution in [2.45, 2.75) is 13.5 Å². The van der Waals surface area contributed by atoms with Gasteiger partial charge in [-0.15, -0.1) is 0 Å². The van der Waals surface area contributed by atoms with Gasteiger partial charge in [0, 0.05) is 37.9 Å². The Morgan fingerprint density at radius 2 is 1.69 bits per heavy atom. The third-order valence-corrected chi connectivity index (χ3v) is 4.71. The van der Waals surface area contributed by atoms with E-state index in [1.54, 1.807) is 31.2 Å². The summed E-state index contributed by atoms with van der Waals surface area (Å²) in [4.78, 5) is 39.9.